The largest absolute Gasteiger partial charge is 0.346 e. The van der Waals surface area contributed by atoms with Gasteiger partial charge in [0.05, 0.1) is 24.0 Å². The average Bonchev–Trinajstić information content (AvgIpc) is 3.26. The molecule has 1 aliphatic heterocycles. The van der Waals surface area contributed by atoms with Crippen LogP contribution in [-0.4, -0.2) is 22.6 Å². The van der Waals surface area contributed by atoms with Crippen molar-refractivity contribution in [1.82, 2.24) is 14.9 Å². The van der Waals surface area contributed by atoms with Crippen molar-refractivity contribution in [3.8, 4) is 22.4 Å². The number of hydrogen-bond acceptors (Lipinski definition) is 2. The van der Waals surface area contributed by atoms with Gasteiger partial charge in [-0.05, 0) is 54.5 Å². The quantitative estimate of drug-likeness (QED) is 0.335. The number of nitrogens with zero attached hydrogens (tertiary/aromatic N) is 3. The Labute approximate surface area is 202 Å². The Balaban J connectivity index is 1.63. The molecule has 1 aliphatic rings. The van der Waals surface area contributed by atoms with Crippen molar-refractivity contribution in [2.45, 2.75) is 45.6 Å². The minimum absolute atomic E-state index is 0.111. The molecule has 0 amide bonds. The van der Waals surface area contributed by atoms with E-state index in [0.29, 0.717) is 11.6 Å². The Morgan fingerprint density at radius 1 is 0.971 bits per heavy atom. The molecule has 2 aromatic heterocycles. The van der Waals surface area contributed by atoms with Crippen molar-refractivity contribution < 1.29 is 0 Å². The third-order valence-electron chi connectivity index (χ3n) is 7.05. The van der Waals surface area contributed by atoms with Crippen LogP contribution in [0, 0.1) is 12.5 Å². The van der Waals surface area contributed by atoms with Crippen molar-refractivity contribution in [3.05, 3.63) is 84.0 Å². The van der Waals surface area contributed by atoms with Gasteiger partial charge in [-0.2, -0.15) is 0 Å². The molecule has 1 saturated heterocycles. The molecular formula is C30H32N4. The number of aromatic nitrogens is 2. The van der Waals surface area contributed by atoms with E-state index in [1.54, 1.807) is 0 Å². The first-order valence-electron chi connectivity index (χ1n) is 12.2. The van der Waals surface area contributed by atoms with E-state index < -0.39 is 0 Å². The van der Waals surface area contributed by atoms with Gasteiger partial charge in [0.1, 0.15) is 0 Å². The van der Waals surface area contributed by atoms with E-state index in [1.165, 1.54) is 29.3 Å². The Morgan fingerprint density at radius 3 is 2.29 bits per heavy atom. The maximum atomic E-state index is 7.33. The van der Waals surface area contributed by atoms with Crippen molar-refractivity contribution in [3.63, 3.8) is 0 Å². The zero-order valence-electron chi connectivity index (χ0n) is 20.3. The Bertz CT molecular complexity index is 1330. The molecule has 0 unspecified atom stereocenters. The summed E-state index contributed by atoms with van der Waals surface area (Å²) in [6.45, 7) is 17.3. The van der Waals surface area contributed by atoms with Crippen molar-refractivity contribution in [2.75, 3.05) is 13.1 Å². The van der Waals surface area contributed by atoms with Crippen LogP contribution in [0.1, 0.15) is 39.2 Å². The first-order chi connectivity index (χ1) is 16.4. The van der Waals surface area contributed by atoms with Crippen molar-refractivity contribution >= 4 is 16.6 Å². The molecule has 0 spiro atoms. The fourth-order valence-corrected chi connectivity index (χ4v) is 5.00. The third-order valence-corrected chi connectivity index (χ3v) is 7.05. The summed E-state index contributed by atoms with van der Waals surface area (Å²) in [7, 11) is 0. The SMILES string of the molecule is [C-]#[N+]c1ccc(-c2c(-c3ccc(C(C)(C)C)cc3)ncc3c2ccn3CC2CCNCC2)cc1. The number of benzene rings is 2. The van der Waals surface area contributed by atoms with E-state index in [0.717, 1.165) is 42.0 Å². The number of piperidine rings is 1. The summed E-state index contributed by atoms with van der Waals surface area (Å²) >= 11 is 0. The third kappa shape index (κ3) is 4.36. The van der Waals surface area contributed by atoms with Crippen LogP contribution in [0.5, 0.6) is 0 Å². The van der Waals surface area contributed by atoms with E-state index in [4.69, 9.17) is 11.6 Å². The number of nitrogens with one attached hydrogen (secondary N) is 1. The second kappa shape index (κ2) is 9.08. The van der Waals surface area contributed by atoms with E-state index in [-0.39, 0.29) is 5.41 Å². The number of pyridine rings is 1. The molecule has 0 aliphatic carbocycles. The van der Waals surface area contributed by atoms with Crippen molar-refractivity contribution in [1.29, 1.82) is 0 Å². The maximum absolute atomic E-state index is 7.33. The summed E-state index contributed by atoms with van der Waals surface area (Å²) in [5, 5.41) is 4.68. The van der Waals surface area contributed by atoms with Crippen LogP contribution in [0.25, 0.3) is 38.1 Å². The number of fused-ring (bicyclic) bond motifs is 1. The van der Waals surface area contributed by atoms with Gasteiger partial charge in [0, 0.05) is 29.3 Å². The van der Waals surface area contributed by atoms with Crippen LogP contribution in [0.4, 0.5) is 5.69 Å². The standard InChI is InChI=1S/C30H32N4/c1-30(2,3)24-9-5-23(6-10-24)29-28(22-7-11-25(31-4)12-8-22)26-15-18-34(27(26)19-33-29)20-21-13-16-32-17-14-21/h5-12,15,18-19,21,32H,13-14,16-17,20H2,1-3H3. The predicted octanol–water partition coefficient (Wildman–Crippen LogP) is 7.22. The zero-order chi connectivity index (χ0) is 23.7. The van der Waals surface area contributed by atoms with E-state index in [2.05, 4.69) is 84.2 Å². The summed E-state index contributed by atoms with van der Waals surface area (Å²) in [6.07, 6.45) is 6.70. The van der Waals surface area contributed by atoms with Crippen LogP contribution in [0.15, 0.2) is 67.0 Å². The van der Waals surface area contributed by atoms with Crippen LogP contribution >= 0.6 is 0 Å². The maximum Gasteiger partial charge on any atom is 0.187 e. The van der Waals surface area contributed by atoms with Crippen LogP contribution in [0.3, 0.4) is 0 Å². The fourth-order valence-electron chi connectivity index (χ4n) is 5.00. The highest BCUT2D eigenvalue weighted by molar-refractivity contribution is 6.01. The van der Waals surface area contributed by atoms with E-state index >= 15 is 0 Å². The lowest BCUT2D eigenvalue weighted by atomic mass is 9.86. The fraction of sp³-hybridized carbons (Fsp3) is 0.333. The Kier molecular flexibility index (Phi) is 5.98. The normalized spacial score (nSPS) is 14.9. The molecular weight excluding hydrogens is 416 g/mol. The first-order valence-corrected chi connectivity index (χ1v) is 12.2. The van der Waals surface area contributed by atoms with Gasteiger partial charge in [-0.1, -0.05) is 69.3 Å². The van der Waals surface area contributed by atoms with Gasteiger partial charge in [-0.25, -0.2) is 4.85 Å². The van der Waals surface area contributed by atoms with E-state index in [1.807, 2.05) is 18.3 Å². The zero-order valence-corrected chi connectivity index (χ0v) is 20.3. The molecule has 3 heterocycles. The molecule has 4 nitrogen and oxygen atoms in total. The highest BCUT2D eigenvalue weighted by atomic mass is 15.0. The lowest BCUT2D eigenvalue weighted by molar-refractivity contribution is 0.337. The molecule has 0 atom stereocenters. The molecule has 4 heteroatoms. The molecule has 0 bridgehead atoms. The summed E-state index contributed by atoms with van der Waals surface area (Å²) in [4.78, 5) is 8.60. The molecule has 1 N–H and O–H groups in total. The van der Waals surface area contributed by atoms with Crippen LogP contribution < -0.4 is 5.32 Å². The molecule has 2 aromatic carbocycles. The van der Waals surface area contributed by atoms with Gasteiger partial charge < -0.3 is 9.88 Å². The molecule has 5 rings (SSSR count). The van der Waals surface area contributed by atoms with Gasteiger partial charge in [0.25, 0.3) is 0 Å². The smallest absolute Gasteiger partial charge is 0.187 e. The summed E-state index contributed by atoms with van der Waals surface area (Å²) in [6, 6.07) is 19.0. The lowest BCUT2D eigenvalue weighted by Crippen LogP contribution is -2.29. The number of rotatable bonds is 4. The summed E-state index contributed by atoms with van der Waals surface area (Å²) < 4.78 is 2.38. The van der Waals surface area contributed by atoms with E-state index in [9.17, 15) is 0 Å². The van der Waals surface area contributed by atoms with Gasteiger partial charge >= 0.3 is 0 Å². The van der Waals surface area contributed by atoms with Crippen LogP contribution in [0.2, 0.25) is 0 Å². The Morgan fingerprint density at radius 2 is 1.65 bits per heavy atom. The van der Waals surface area contributed by atoms with Gasteiger partial charge in [-0.15, -0.1) is 0 Å². The first kappa shape index (κ1) is 22.4. The van der Waals surface area contributed by atoms with Gasteiger partial charge in [0.2, 0.25) is 0 Å². The predicted molar refractivity (Wildman–Crippen MR) is 141 cm³/mol. The molecule has 34 heavy (non-hydrogen) atoms. The highest BCUT2D eigenvalue weighted by Gasteiger charge is 2.19. The molecule has 1 fully saturated rings. The van der Waals surface area contributed by atoms with Gasteiger partial charge in [-0.3, -0.25) is 4.98 Å². The minimum atomic E-state index is 0.111. The summed E-state index contributed by atoms with van der Waals surface area (Å²) in [5.41, 5.74) is 7.60. The Hall–Kier alpha value is -3.42. The molecule has 0 saturated carbocycles. The highest BCUT2D eigenvalue weighted by Crippen LogP contribution is 2.38. The second-order valence-corrected chi connectivity index (χ2v) is 10.4. The summed E-state index contributed by atoms with van der Waals surface area (Å²) in [5.74, 6) is 0.697. The number of hydrogen-bond donors (Lipinski definition) is 1. The topological polar surface area (TPSA) is 34.2 Å². The minimum Gasteiger partial charge on any atom is -0.346 e. The van der Waals surface area contributed by atoms with Crippen LogP contribution in [-0.2, 0) is 12.0 Å². The van der Waals surface area contributed by atoms with Crippen molar-refractivity contribution in [2.24, 2.45) is 5.92 Å². The monoisotopic (exact) mass is 448 g/mol. The molecule has 172 valence electrons. The second-order valence-electron chi connectivity index (χ2n) is 10.4. The van der Waals surface area contributed by atoms with Gasteiger partial charge in [0.15, 0.2) is 5.69 Å². The molecule has 0 radical (unpaired) electrons. The molecule has 4 aromatic rings. The lowest BCUT2D eigenvalue weighted by Gasteiger charge is -2.23. The average molecular weight is 449 g/mol.